The zero-order chi connectivity index (χ0) is 14.4. The minimum atomic E-state index is 0.418. The summed E-state index contributed by atoms with van der Waals surface area (Å²) in [4.78, 5) is 10.8. The van der Waals surface area contributed by atoms with Crippen LogP contribution in [-0.2, 0) is 0 Å². The summed E-state index contributed by atoms with van der Waals surface area (Å²) < 4.78 is 5.64. The molecule has 2 aromatic rings. The van der Waals surface area contributed by atoms with Crippen LogP contribution in [0.15, 0.2) is 36.4 Å². The number of hydrogen-bond donors (Lipinski definition) is 1. The fourth-order valence-corrected chi connectivity index (χ4v) is 1.79. The van der Waals surface area contributed by atoms with Crippen LogP contribution in [0.1, 0.15) is 6.42 Å². The van der Waals surface area contributed by atoms with Crippen LogP contribution in [-0.4, -0.2) is 42.1 Å². The quantitative estimate of drug-likeness (QED) is 0.815. The molecule has 5 heteroatoms. The Labute approximate surface area is 119 Å². The molecule has 5 nitrogen and oxygen atoms in total. The molecule has 0 saturated carbocycles. The molecular weight excluding hydrogens is 252 g/mol. The Morgan fingerprint density at radius 1 is 1.15 bits per heavy atom. The first-order valence-electron chi connectivity index (χ1n) is 6.62. The van der Waals surface area contributed by atoms with Crippen LogP contribution in [0.25, 0.3) is 11.4 Å². The zero-order valence-corrected chi connectivity index (χ0v) is 11.9. The van der Waals surface area contributed by atoms with E-state index in [1.54, 1.807) is 6.07 Å². The molecule has 2 N–H and O–H groups in total. The van der Waals surface area contributed by atoms with Crippen molar-refractivity contribution in [1.82, 2.24) is 14.9 Å². The average Bonchev–Trinajstić information content (AvgIpc) is 2.44. The van der Waals surface area contributed by atoms with E-state index >= 15 is 0 Å². The van der Waals surface area contributed by atoms with Gasteiger partial charge in [-0.15, -0.1) is 0 Å². The van der Waals surface area contributed by atoms with Gasteiger partial charge in [0, 0.05) is 18.2 Å². The van der Waals surface area contributed by atoms with Gasteiger partial charge in [-0.05, 0) is 20.5 Å². The van der Waals surface area contributed by atoms with Crippen LogP contribution in [0.5, 0.6) is 5.88 Å². The van der Waals surface area contributed by atoms with Crippen molar-refractivity contribution in [2.24, 2.45) is 0 Å². The van der Waals surface area contributed by atoms with Crippen LogP contribution in [0.3, 0.4) is 0 Å². The first-order valence-corrected chi connectivity index (χ1v) is 6.62. The first-order chi connectivity index (χ1) is 9.65. The Bertz CT molecular complexity index is 543. The van der Waals surface area contributed by atoms with Gasteiger partial charge in [-0.2, -0.15) is 4.98 Å². The van der Waals surface area contributed by atoms with Gasteiger partial charge in [0.2, 0.25) is 5.88 Å². The third-order valence-electron chi connectivity index (χ3n) is 2.75. The van der Waals surface area contributed by atoms with Crippen molar-refractivity contribution in [2.45, 2.75) is 6.42 Å². The first kappa shape index (κ1) is 14.3. The maximum Gasteiger partial charge on any atom is 0.219 e. The normalized spacial score (nSPS) is 10.8. The lowest BCUT2D eigenvalue weighted by atomic mass is 10.2. The van der Waals surface area contributed by atoms with Gasteiger partial charge < -0.3 is 15.4 Å². The van der Waals surface area contributed by atoms with Crippen LogP contribution in [0.2, 0.25) is 0 Å². The Balaban J connectivity index is 2.05. The molecular formula is C15H20N4O. The van der Waals surface area contributed by atoms with E-state index in [2.05, 4.69) is 14.9 Å². The number of ether oxygens (including phenoxy) is 1. The van der Waals surface area contributed by atoms with E-state index in [1.807, 2.05) is 44.4 Å². The topological polar surface area (TPSA) is 64.3 Å². The van der Waals surface area contributed by atoms with Crippen LogP contribution >= 0.6 is 0 Å². The highest BCUT2D eigenvalue weighted by Gasteiger charge is 2.06. The van der Waals surface area contributed by atoms with Crippen LogP contribution < -0.4 is 10.5 Å². The molecule has 0 aliphatic heterocycles. The molecule has 0 unspecified atom stereocenters. The van der Waals surface area contributed by atoms with E-state index in [4.69, 9.17) is 10.5 Å². The number of benzene rings is 1. The Morgan fingerprint density at radius 3 is 2.60 bits per heavy atom. The van der Waals surface area contributed by atoms with E-state index in [0.29, 0.717) is 24.1 Å². The van der Waals surface area contributed by atoms with Gasteiger partial charge in [0.15, 0.2) is 5.82 Å². The van der Waals surface area contributed by atoms with Crippen molar-refractivity contribution in [3.8, 4) is 17.3 Å². The smallest absolute Gasteiger partial charge is 0.219 e. The predicted octanol–water partition coefficient (Wildman–Crippen LogP) is 2.06. The highest BCUT2D eigenvalue weighted by atomic mass is 16.5. The van der Waals surface area contributed by atoms with Gasteiger partial charge in [0.1, 0.15) is 5.82 Å². The molecule has 2 rings (SSSR count). The number of nitrogens with two attached hydrogens (primary N) is 1. The molecule has 0 bridgehead atoms. The number of rotatable bonds is 6. The molecule has 0 aliphatic rings. The summed E-state index contributed by atoms with van der Waals surface area (Å²) in [5.41, 5.74) is 6.74. The van der Waals surface area contributed by atoms with Gasteiger partial charge in [-0.25, -0.2) is 4.98 Å². The second-order valence-electron chi connectivity index (χ2n) is 4.83. The van der Waals surface area contributed by atoms with Crippen molar-refractivity contribution in [3.63, 3.8) is 0 Å². The summed E-state index contributed by atoms with van der Waals surface area (Å²) in [6, 6.07) is 11.4. The van der Waals surface area contributed by atoms with Crippen molar-refractivity contribution >= 4 is 5.82 Å². The fourth-order valence-electron chi connectivity index (χ4n) is 1.79. The maximum absolute atomic E-state index is 5.81. The predicted molar refractivity (Wildman–Crippen MR) is 80.5 cm³/mol. The molecule has 1 aromatic heterocycles. The summed E-state index contributed by atoms with van der Waals surface area (Å²) in [5.74, 6) is 1.53. The molecule has 0 radical (unpaired) electrons. The molecule has 0 amide bonds. The number of nitrogens with zero attached hydrogens (tertiary/aromatic N) is 3. The summed E-state index contributed by atoms with van der Waals surface area (Å²) in [6.45, 7) is 1.59. The summed E-state index contributed by atoms with van der Waals surface area (Å²) in [6.07, 6.45) is 0.942. The van der Waals surface area contributed by atoms with Gasteiger partial charge in [-0.3, -0.25) is 0 Å². The molecule has 0 aliphatic carbocycles. The highest BCUT2D eigenvalue weighted by molar-refractivity contribution is 5.57. The largest absolute Gasteiger partial charge is 0.477 e. The average molecular weight is 272 g/mol. The minimum Gasteiger partial charge on any atom is -0.477 e. The lowest BCUT2D eigenvalue weighted by Crippen LogP contribution is -2.15. The number of aromatic nitrogens is 2. The van der Waals surface area contributed by atoms with E-state index in [0.717, 1.165) is 18.5 Å². The Morgan fingerprint density at radius 2 is 1.90 bits per heavy atom. The second kappa shape index (κ2) is 6.86. The Hall–Kier alpha value is -2.14. The van der Waals surface area contributed by atoms with Gasteiger partial charge in [0.05, 0.1) is 6.61 Å². The summed E-state index contributed by atoms with van der Waals surface area (Å²) in [5, 5.41) is 0. The third kappa shape index (κ3) is 4.20. The van der Waals surface area contributed by atoms with Crippen LogP contribution in [0.4, 0.5) is 5.82 Å². The molecule has 106 valence electrons. The Kier molecular flexibility index (Phi) is 4.90. The van der Waals surface area contributed by atoms with Gasteiger partial charge in [-0.1, -0.05) is 30.3 Å². The molecule has 0 atom stereocenters. The number of anilines is 1. The lowest BCUT2D eigenvalue weighted by Gasteiger charge is -2.10. The standard InChI is InChI=1S/C15H20N4O/c1-19(2)9-6-10-20-14-11-13(16)17-15(18-14)12-7-4-3-5-8-12/h3-5,7-8,11H,6,9-10H2,1-2H3,(H2,16,17,18). The molecule has 1 aromatic carbocycles. The van der Waals surface area contributed by atoms with Crippen LogP contribution in [0, 0.1) is 0 Å². The zero-order valence-electron chi connectivity index (χ0n) is 11.9. The third-order valence-corrected chi connectivity index (χ3v) is 2.75. The lowest BCUT2D eigenvalue weighted by molar-refractivity contribution is 0.273. The minimum absolute atomic E-state index is 0.418. The van der Waals surface area contributed by atoms with E-state index in [9.17, 15) is 0 Å². The monoisotopic (exact) mass is 272 g/mol. The molecule has 1 heterocycles. The fraction of sp³-hybridized carbons (Fsp3) is 0.333. The summed E-state index contributed by atoms with van der Waals surface area (Å²) >= 11 is 0. The molecule has 20 heavy (non-hydrogen) atoms. The highest BCUT2D eigenvalue weighted by Crippen LogP contribution is 2.19. The molecule has 0 spiro atoms. The van der Waals surface area contributed by atoms with Crippen molar-refractivity contribution < 1.29 is 4.74 Å². The van der Waals surface area contributed by atoms with Gasteiger partial charge in [0.25, 0.3) is 0 Å². The maximum atomic E-state index is 5.81. The van der Waals surface area contributed by atoms with Crippen molar-refractivity contribution in [3.05, 3.63) is 36.4 Å². The molecule has 0 saturated heterocycles. The van der Waals surface area contributed by atoms with Crippen molar-refractivity contribution in [1.29, 1.82) is 0 Å². The van der Waals surface area contributed by atoms with E-state index in [-0.39, 0.29) is 0 Å². The van der Waals surface area contributed by atoms with E-state index < -0.39 is 0 Å². The van der Waals surface area contributed by atoms with E-state index in [1.165, 1.54) is 0 Å². The number of nitrogen functional groups attached to an aromatic ring is 1. The SMILES string of the molecule is CN(C)CCCOc1cc(N)nc(-c2ccccc2)n1. The number of hydrogen-bond acceptors (Lipinski definition) is 5. The van der Waals surface area contributed by atoms with Gasteiger partial charge >= 0.3 is 0 Å². The summed E-state index contributed by atoms with van der Waals surface area (Å²) in [7, 11) is 4.08. The van der Waals surface area contributed by atoms with Crippen molar-refractivity contribution in [2.75, 3.05) is 33.0 Å². The molecule has 0 fully saturated rings. The second-order valence-corrected chi connectivity index (χ2v) is 4.83.